The van der Waals surface area contributed by atoms with Crippen LogP contribution in [0.3, 0.4) is 0 Å². The van der Waals surface area contributed by atoms with Gasteiger partial charge in [0.25, 0.3) is 0 Å². The Morgan fingerprint density at radius 2 is 1.03 bits per heavy atom. The van der Waals surface area contributed by atoms with E-state index in [1.165, 1.54) is 34.0 Å². The summed E-state index contributed by atoms with van der Waals surface area (Å²) in [4.78, 5) is 40.3. The number of thiazole rings is 3. The van der Waals surface area contributed by atoms with Gasteiger partial charge in [0.1, 0.15) is 41.7 Å². The first kappa shape index (κ1) is 50.7. The third kappa shape index (κ3) is 18.2. The van der Waals surface area contributed by atoms with Gasteiger partial charge in [0, 0.05) is 13.1 Å². The topological polar surface area (TPSA) is 187 Å². The number of phenols is 1. The van der Waals surface area contributed by atoms with Crippen LogP contribution in [0.5, 0.6) is 17.2 Å². The fourth-order valence-corrected chi connectivity index (χ4v) is 7.03. The van der Waals surface area contributed by atoms with Gasteiger partial charge in [-0.25, -0.2) is 24.5 Å². The van der Waals surface area contributed by atoms with Crippen LogP contribution in [0, 0.1) is 0 Å². The first-order valence-electron chi connectivity index (χ1n) is 17.9. The van der Waals surface area contributed by atoms with Crippen LogP contribution in [0.1, 0.15) is 41.5 Å². The Kier molecular flexibility index (Phi) is 19.6. The van der Waals surface area contributed by atoms with Crippen LogP contribution in [0.2, 0.25) is 0 Å². The lowest BCUT2D eigenvalue weighted by molar-refractivity contribution is 0.0624. The molecule has 0 aliphatic heterocycles. The molecule has 3 aromatic heterocycles. The smallest absolute Gasteiger partial charge is 0.413 e. The molecule has 2 amide bonds. The fraction of sp³-hybridized carbons (Fsp3) is 0.410. The molecule has 15 nitrogen and oxygen atoms in total. The van der Waals surface area contributed by atoms with E-state index in [-0.39, 0.29) is 30.6 Å². The van der Waals surface area contributed by atoms with Crippen molar-refractivity contribution in [2.45, 2.75) is 52.7 Å². The highest BCUT2D eigenvalue weighted by molar-refractivity contribution is 7.23. The molecule has 6 rings (SSSR count). The second-order valence-corrected chi connectivity index (χ2v) is 18.2. The number of amides is 2. The molecule has 3 aromatic carbocycles. The molecule has 0 aliphatic carbocycles. The van der Waals surface area contributed by atoms with Crippen molar-refractivity contribution in [3.63, 3.8) is 0 Å². The number of phenolic OH excluding ortho intramolecular Hbond substituents is 1. The van der Waals surface area contributed by atoms with Crippen LogP contribution in [-0.2, 0) is 9.47 Å². The van der Waals surface area contributed by atoms with E-state index < -0.39 is 23.4 Å². The first-order valence-corrected chi connectivity index (χ1v) is 20.4. The molecule has 0 saturated carbocycles. The average molecular weight is 914 g/mol. The van der Waals surface area contributed by atoms with Crippen molar-refractivity contribution in [1.29, 1.82) is 0 Å². The lowest BCUT2D eigenvalue weighted by Gasteiger charge is -2.18. The van der Waals surface area contributed by atoms with Crippen molar-refractivity contribution in [3.8, 4) is 17.2 Å². The molecule has 0 spiro atoms. The zero-order valence-corrected chi connectivity index (χ0v) is 38.9. The van der Waals surface area contributed by atoms with Crippen LogP contribution >= 0.6 is 58.8 Å². The third-order valence-corrected chi connectivity index (χ3v) is 9.65. The number of nitrogen functional groups attached to an aromatic ring is 1. The maximum atomic E-state index is 11.8. The predicted molar refractivity (Wildman–Crippen MR) is 247 cm³/mol. The molecule has 6 aromatic rings. The molecule has 0 aliphatic rings. The highest BCUT2D eigenvalue weighted by Gasteiger charge is 2.19. The average Bonchev–Trinajstić information content (AvgIpc) is 3.77. The van der Waals surface area contributed by atoms with Crippen LogP contribution in [0.15, 0.2) is 54.6 Å². The van der Waals surface area contributed by atoms with Crippen LogP contribution in [0.25, 0.3) is 30.6 Å². The molecule has 0 unspecified atom stereocenters. The second-order valence-electron chi connectivity index (χ2n) is 15.1. The number of fused-ring (bicyclic) bond motifs is 3. The highest BCUT2D eigenvalue weighted by Crippen LogP contribution is 2.31. The molecular formula is C39H54Cl2N8O7S3. The molecule has 3 heterocycles. The van der Waals surface area contributed by atoms with Crippen molar-refractivity contribution in [2.24, 2.45) is 0 Å². The summed E-state index contributed by atoms with van der Waals surface area (Å²) in [6.07, 6.45) is -1.04. The lowest BCUT2D eigenvalue weighted by atomic mass is 10.2. The van der Waals surface area contributed by atoms with Gasteiger partial charge in [0.15, 0.2) is 15.4 Å². The molecule has 0 fully saturated rings. The summed E-state index contributed by atoms with van der Waals surface area (Å²) in [7, 11) is 8.06. The Labute approximate surface area is 369 Å². The van der Waals surface area contributed by atoms with Crippen molar-refractivity contribution < 1.29 is 33.6 Å². The number of ether oxygens (including phenoxy) is 4. The van der Waals surface area contributed by atoms with Crippen molar-refractivity contribution in [3.05, 3.63) is 54.6 Å². The first-order chi connectivity index (χ1) is 26.7. The maximum absolute atomic E-state index is 11.8. The number of anilines is 3. The van der Waals surface area contributed by atoms with E-state index in [0.717, 1.165) is 55.2 Å². The Hall–Kier alpha value is -4.43. The number of likely N-dealkylation sites (N-methyl/N-ethyl adjacent to an activating group) is 2. The van der Waals surface area contributed by atoms with Crippen molar-refractivity contribution >= 4 is 117 Å². The Balaban J connectivity index is 0.000000305. The number of nitrogens with two attached hydrogens (primary N) is 1. The Morgan fingerprint density at radius 3 is 1.46 bits per heavy atom. The standard InChI is InChI=1S/C16H23N3O3S.C12H14N2O3S.C11H15N3OS.2ClH/c1-16(2,3)22-15(20)18-14-17-12-7-6-11(10-13(12)23-14)21-9-8-19(4)5;1-12(2,3)17-11(16)14-10-13-8-5-4-7(15)6-9(8)18-10;1-14(2)5-6-15-8-3-4-9-10(7-8)16-11(12)13-9;;/h6-7,10H,8-9H2,1-5H3,(H,17,18,20);4-6,15H,1-3H3,(H,13,14,16);3-4,7H,5-6H2,1-2H3,(H2,12,13);2*1H. The quantitative estimate of drug-likeness (QED) is 0.102. The minimum absolute atomic E-state index is 0. The second kappa shape index (κ2) is 22.8. The summed E-state index contributed by atoms with van der Waals surface area (Å²) in [6, 6.07) is 16.4. The normalized spacial score (nSPS) is 11.1. The van der Waals surface area contributed by atoms with Gasteiger partial charge in [-0.2, -0.15) is 0 Å². The Bertz CT molecular complexity index is 2250. The number of aromatic nitrogens is 3. The molecule has 0 saturated heterocycles. The van der Waals surface area contributed by atoms with Gasteiger partial charge in [0.2, 0.25) is 0 Å². The van der Waals surface area contributed by atoms with Crippen LogP contribution in [-0.4, -0.2) is 108 Å². The molecular weight excluding hydrogens is 860 g/mol. The molecule has 0 atom stereocenters. The summed E-state index contributed by atoms with van der Waals surface area (Å²) in [5.41, 5.74) is 7.04. The van der Waals surface area contributed by atoms with E-state index in [4.69, 9.17) is 24.7 Å². The number of hydrogen-bond donors (Lipinski definition) is 4. The Morgan fingerprint density at radius 1 is 0.644 bits per heavy atom. The molecule has 20 heteroatoms. The summed E-state index contributed by atoms with van der Waals surface area (Å²) < 4.78 is 24.5. The highest BCUT2D eigenvalue weighted by atomic mass is 35.5. The summed E-state index contributed by atoms with van der Waals surface area (Å²) in [6.45, 7) is 13.9. The van der Waals surface area contributed by atoms with Crippen molar-refractivity contribution in [1.82, 2.24) is 24.8 Å². The SMILES string of the molecule is CC(C)(C)OC(=O)Nc1nc2ccc(O)cc2s1.CN(C)CCOc1ccc2nc(N)sc2c1.CN(C)CCOc1ccc2nc(NC(=O)OC(C)(C)C)sc2c1.Cl.Cl. The number of nitrogens with zero attached hydrogens (tertiary/aromatic N) is 5. The van der Waals surface area contributed by atoms with E-state index in [1.54, 1.807) is 39.0 Å². The fourth-order valence-electron chi connectivity index (χ4n) is 4.50. The maximum Gasteiger partial charge on any atom is 0.413 e. The predicted octanol–water partition coefficient (Wildman–Crippen LogP) is 9.60. The van der Waals surface area contributed by atoms with Gasteiger partial charge in [-0.3, -0.25) is 10.6 Å². The number of benzene rings is 3. The van der Waals surface area contributed by atoms with E-state index in [1.807, 2.05) is 85.4 Å². The number of carbonyl (C=O) groups is 2. The van der Waals surface area contributed by atoms with E-state index in [9.17, 15) is 14.7 Å². The zero-order valence-electron chi connectivity index (χ0n) is 34.8. The molecule has 0 bridgehead atoms. The van der Waals surface area contributed by atoms with Crippen molar-refractivity contribution in [2.75, 3.05) is 70.9 Å². The number of hydrogen-bond acceptors (Lipinski definition) is 16. The van der Waals surface area contributed by atoms with Gasteiger partial charge >= 0.3 is 12.2 Å². The number of aromatic hydroxyl groups is 1. The monoisotopic (exact) mass is 912 g/mol. The summed E-state index contributed by atoms with van der Waals surface area (Å²) >= 11 is 4.16. The van der Waals surface area contributed by atoms with Crippen LogP contribution < -0.4 is 25.8 Å². The van der Waals surface area contributed by atoms with Gasteiger partial charge < -0.3 is 39.6 Å². The third-order valence-electron chi connectivity index (χ3n) is 6.94. The van der Waals surface area contributed by atoms with E-state index >= 15 is 0 Å². The van der Waals surface area contributed by atoms with Crippen LogP contribution in [0.4, 0.5) is 25.0 Å². The number of nitrogens with one attached hydrogen (secondary N) is 2. The minimum Gasteiger partial charge on any atom is -0.508 e. The van der Waals surface area contributed by atoms with Gasteiger partial charge in [0.05, 0.1) is 30.6 Å². The number of rotatable bonds is 10. The largest absolute Gasteiger partial charge is 0.508 e. The molecule has 324 valence electrons. The molecule has 59 heavy (non-hydrogen) atoms. The van der Waals surface area contributed by atoms with E-state index in [0.29, 0.717) is 28.6 Å². The lowest BCUT2D eigenvalue weighted by Crippen LogP contribution is -2.27. The van der Waals surface area contributed by atoms with Gasteiger partial charge in [-0.05, 0) is 124 Å². The summed E-state index contributed by atoms with van der Waals surface area (Å²) in [5.74, 6) is 1.85. The number of halogens is 2. The van der Waals surface area contributed by atoms with E-state index in [2.05, 4.69) is 35.4 Å². The minimum atomic E-state index is -0.543. The van der Waals surface area contributed by atoms with Gasteiger partial charge in [-0.1, -0.05) is 34.0 Å². The summed E-state index contributed by atoms with van der Waals surface area (Å²) in [5, 5.41) is 16.1. The molecule has 5 N–H and O–H groups in total. The molecule has 0 radical (unpaired) electrons. The number of carbonyl (C=O) groups excluding carboxylic acids is 2. The zero-order chi connectivity index (χ0) is 41.9. The van der Waals surface area contributed by atoms with Gasteiger partial charge in [-0.15, -0.1) is 24.8 Å².